The Hall–Kier alpha value is -5.74. The van der Waals surface area contributed by atoms with Crippen LogP contribution in [0.3, 0.4) is 0 Å². The minimum Gasteiger partial charge on any atom is -0.453 e. The summed E-state index contributed by atoms with van der Waals surface area (Å²) in [5.41, 5.74) is 5.64. The average molecular weight is 825 g/mol. The number of amides is 4. The number of benzene rings is 2. The van der Waals surface area contributed by atoms with Crippen molar-refractivity contribution in [2.75, 3.05) is 40.1 Å². The van der Waals surface area contributed by atoms with Gasteiger partial charge in [-0.1, -0.05) is 75.2 Å². The molecule has 3 fully saturated rings. The molecule has 4 aromatic rings. The average Bonchev–Trinajstić information content (AvgIpc) is 4.10. The third kappa shape index (κ3) is 10.5. The summed E-state index contributed by atoms with van der Waals surface area (Å²) in [6.07, 6.45) is 7.85. The molecule has 0 bridgehead atoms. The minimum absolute atomic E-state index is 0.133. The predicted octanol–water partition coefficient (Wildman–Crippen LogP) is 6.20. The maximum atomic E-state index is 13.8. The van der Waals surface area contributed by atoms with Crippen molar-refractivity contribution in [2.45, 2.75) is 95.5 Å². The Morgan fingerprint density at radius 3 is 2.07 bits per heavy atom. The molecular weight excluding hydrogens is 769 g/mol. The summed E-state index contributed by atoms with van der Waals surface area (Å²) in [6.45, 7) is 6.44. The standard InChI is InChI=1S/C44H56N8O8/c1-27(2)38(51-44(56)60-32-18-22-59-26-32)42(54)52-20-7-9-37(52)40-46-25-36(48-40)31-16-12-29(13-17-31)28-10-14-30(15-11-28)35-24-45-39(47-35)33-19-23-58-21-6-4-5-8-34(41(53)49-33)50-43(55)57-3/h10-17,24-25,27,32-34,37-38H,4-9,18-23,26H2,1-3H3,(H,45,47)(H,46,48)(H,49,53)(H,50,55)(H,51,56)/t32-,33-,34-,37-,38-/m0/s1. The highest BCUT2D eigenvalue weighted by Crippen LogP contribution is 2.34. The van der Waals surface area contributed by atoms with Crippen LogP contribution in [-0.2, 0) is 28.5 Å². The van der Waals surface area contributed by atoms with Crippen molar-refractivity contribution in [1.29, 1.82) is 0 Å². The van der Waals surface area contributed by atoms with E-state index in [4.69, 9.17) is 23.9 Å². The van der Waals surface area contributed by atoms with Crippen LogP contribution in [-0.4, -0.2) is 107 Å². The largest absolute Gasteiger partial charge is 0.453 e. The lowest BCUT2D eigenvalue weighted by atomic mass is 10.0. The Bertz CT molecular complexity index is 2060. The van der Waals surface area contributed by atoms with Gasteiger partial charge in [-0.2, -0.15) is 0 Å². The summed E-state index contributed by atoms with van der Waals surface area (Å²) in [4.78, 5) is 69.8. The fourth-order valence-electron chi connectivity index (χ4n) is 7.97. The first-order valence-corrected chi connectivity index (χ1v) is 21.1. The van der Waals surface area contributed by atoms with Gasteiger partial charge in [0.25, 0.3) is 0 Å². The molecule has 0 unspecified atom stereocenters. The minimum atomic E-state index is -0.722. The highest BCUT2D eigenvalue weighted by Gasteiger charge is 2.38. The molecular formula is C44H56N8O8. The summed E-state index contributed by atoms with van der Waals surface area (Å²) in [7, 11) is 1.28. The Morgan fingerprint density at radius 2 is 1.42 bits per heavy atom. The number of carbonyl (C=O) groups excluding carboxylic acids is 4. The molecule has 2 aromatic carbocycles. The number of likely N-dealkylation sites (tertiary alicyclic amines) is 1. The Labute approximate surface area is 349 Å². The van der Waals surface area contributed by atoms with E-state index in [0.29, 0.717) is 63.9 Å². The van der Waals surface area contributed by atoms with Gasteiger partial charge in [-0.05, 0) is 60.3 Å². The number of carbonyl (C=O) groups is 4. The molecule has 5 atom stereocenters. The third-order valence-corrected chi connectivity index (χ3v) is 11.4. The van der Waals surface area contributed by atoms with Crippen LogP contribution in [0.25, 0.3) is 33.6 Å². The van der Waals surface area contributed by atoms with Gasteiger partial charge >= 0.3 is 12.2 Å². The van der Waals surface area contributed by atoms with Crippen molar-refractivity contribution >= 4 is 24.0 Å². The Balaban J connectivity index is 0.979. The molecule has 3 saturated heterocycles. The van der Waals surface area contributed by atoms with Gasteiger partial charge in [0.05, 0.1) is 56.2 Å². The number of nitrogens with one attached hydrogen (secondary N) is 5. The maximum Gasteiger partial charge on any atom is 0.408 e. The number of hydrogen-bond donors (Lipinski definition) is 5. The lowest BCUT2D eigenvalue weighted by Gasteiger charge is -2.30. The van der Waals surface area contributed by atoms with Crippen molar-refractivity contribution < 1.29 is 38.1 Å². The van der Waals surface area contributed by atoms with E-state index in [2.05, 4.69) is 55.2 Å². The Kier molecular flexibility index (Phi) is 14.1. The molecule has 4 amide bonds. The second kappa shape index (κ2) is 20.0. The van der Waals surface area contributed by atoms with Crippen LogP contribution >= 0.6 is 0 Å². The first kappa shape index (κ1) is 42.4. The number of nitrogens with zero attached hydrogens (tertiary/aromatic N) is 3. The molecule has 16 heteroatoms. The fraction of sp³-hybridized carbons (Fsp3) is 0.500. The first-order valence-electron chi connectivity index (χ1n) is 21.1. The zero-order chi connectivity index (χ0) is 42.0. The van der Waals surface area contributed by atoms with Gasteiger partial charge < -0.3 is 49.8 Å². The molecule has 7 rings (SSSR count). The molecule has 0 radical (unpaired) electrons. The molecule has 60 heavy (non-hydrogen) atoms. The molecule has 320 valence electrons. The normalized spacial score (nSPS) is 22.0. The molecule has 0 spiro atoms. The quantitative estimate of drug-likeness (QED) is 0.123. The maximum absolute atomic E-state index is 13.8. The van der Waals surface area contributed by atoms with E-state index < -0.39 is 30.3 Å². The number of hydrogen-bond acceptors (Lipinski definition) is 10. The van der Waals surface area contributed by atoms with E-state index in [0.717, 1.165) is 65.7 Å². The van der Waals surface area contributed by atoms with Crippen LogP contribution in [0.4, 0.5) is 9.59 Å². The van der Waals surface area contributed by atoms with E-state index in [1.165, 1.54) is 7.11 Å². The number of alkyl carbamates (subject to hydrolysis) is 2. The lowest BCUT2D eigenvalue weighted by molar-refractivity contribution is -0.135. The number of aromatic nitrogens is 4. The molecule has 3 aliphatic heterocycles. The van der Waals surface area contributed by atoms with Crippen LogP contribution in [0.5, 0.6) is 0 Å². The molecule has 0 saturated carbocycles. The second-order valence-electron chi connectivity index (χ2n) is 16.0. The number of H-pyrrole nitrogens is 2. The van der Waals surface area contributed by atoms with Gasteiger partial charge in [-0.25, -0.2) is 19.6 Å². The number of ether oxygens (including phenoxy) is 4. The summed E-state index contributed by atoms with van der Waals surface area (Å²) in [6, 6.07) is 14.3. The van der Waals surface area contributed by atoms with Crippen LogP contribution in [0.2, 0.25) is 0 Å². The second-order valence-corrected chi connectivity index (χ2v) is 16.0. The number of rotatable bonds is 10. The number of imidazole rings is 2. The van der Waals surface area contributed by atoms with Gasteiger partial charge in [0.15, 0.2) is 0 Å². The summed E-state index contributed by atoms with van der Waals surface area (Å²) in [5.74, 6) is 0.751. The van der Waals surface area contributed by atoms with E-state index in [1.807, 2.05) is 43.0 Å². The predicted molar refractivity (Wildman–Crippen MR) is 222 cm³/mol. The number of methoxy groups -OCH3 is 1. The molecule has 0 aliphatic carbocycles. The molecule has 3 aliphatic rings. The Morgan fingerprint density at radius 1 is 0.767 bits per heavy atom. The van der Waals surface area contributed by atoms with Gasteiger partial charge in [0.1, 0.15) is 29.8 Å². The molecule has 2 aromatic heterocycles. The van der Waals surface area contributed by atoms with Gasteiger partial charge in [0, 0.05) is 26.2 Å². The molecule has 16 nitrogen and oxygen atoms in total. The zero-order valence-electron chi connectivity index (χ0n) is 34.5. The highest BCUT2D eigenvalue weighted by molar-refractivity contribution is 5.87. The zero-order valence-corrected chi connectivity index (χ0v) is 34.5. The topological polar surface area (TPSA) is 202 Å². The molecule has 5 N–H and O–H groups in total. The smallest absolute Gasteiger partial charge is 0.408 e. The van der Waals surface area contributed by atoms with Gasteiger partial charge in [-0.3, -0.25) is 9.59 Å². The van der Waals surface area contributed by atoms with Crippen molar-refractivity contribution in [3.8, 4) is 33.6 Å². The summed E-state index contributed by atoms with van der Waals surface area (Å²) in [5, 5.41) is 8.55. The summed E-state index contributed by atoms with van der Waals surface area (Å²) < 4.78 is 21.4. The monoisotopic (exact) mass is 824 g/mol. The van der Waals surface area contributed by atoms with Crippen molar-refractivity contribution in [3.63, 3.8) is 0 Å². The van der Waals surface area contributed by atoms with E-state index in [9.17, 15) is 19.2 Å². The SMILES string of the molecule is COC(=O)N[C@H]1CCCCCOCC[C@@H](c2ncc(-c3ccc(-c4ccc(-c5cnc([C@@H]6CCCN6C(=O)[C@@H](NC(=O)O[C@H]6CCOC6)C(C)C)[nH]5)cc4)cc3)[nH]2)NC1=O. The highest BCUT2D eigenvalue weighted by atomic mass is 16.6. The third-order valence-electron chi connectivity index (χ3n) is 11.4. The van der Waals surface area contributed by atoms with Gasteiger partial charge in [0.2, 0.25) is 11.8 Å². The number of aromatic amines is 2. The fourth-order valence-corrected chi connectivity index (χ4v) is 7.97. The van der Waals surface area contributed by atoms with Crippen molar-refractivity contribution in [2.24, 2.45) is 5.92 Å². The van der Waals surface area contributed by atoms with E-state index in [1.54, 1.807) is 12.4 Å². The van der Waals surface area contributed by atoms with Crippen LogP contribution in [0.1, 0.15) is 88.9 Å². The van der Waals surface area contributed by atoms with Crippen LogP contribution in [0.15, 0.2) is 60.9 Å². The van der Waals surface area contributed by atoms with Crippen molar-refractivity contribution in [3.05, 3.63) is 72.6 Å². The summed E-state index contributed by atoms with van der Waals surface area (Å²) >= 11 is 0. The molecule has 5 heterocycles. The van der Waals surface area contributed by atoms with E-state index >= 15 is 0 Å². The van der Waals surface area contributed by atoms with Crippen LogP contribution < -0.4 is 16.0 Å². The lowest BCUT2D eigenvalue weighted by Crippen LogP contribution is -2.51. The van der Waals surface area contributed by atoms with E-state index in [-0.39, 0.29) is 29.9 Å². The van der Waals surface area contributed by atoms with Gasteiger partial charge in [-0.15, -0.1) is 0 Å². The van der Waals surface area contributed by atoms with Crippen molar-refractivity contribution in [1.82, 2.24) is 40.8 Å². The van der Waals surface area contributed by atoms with Crippen LogP contribution in [0, 0.1) is 5.92 Å². The first-order chi connectivity index (χ1) is 29.2.